The topological polar surface area (TPSA) is 0 Å². The van der Waals surface area contributed by atoms with E-state index in [2.05, 4.69) is 58.9 Å². The Kier molecular flexibility index (Phi) is 12.5. The summed E-state index contributed by atoms with van der Waals surface area (Å²) in [5, 5.41) is 0. The van der Waals surface area contributed by atoms with Crippen LogP contribution in [-0.4, -0.2) is 0 Å². The molecule has 0 aliphatic rings. The minimum atomic E-state index is 0.653. The Morgan fingerprint density at radius 3 is 1.80 bits per heavy atom. The first-order chi connectivity index (χ1) is 7.11. The third kappa shape index (κ3) is 9.52. The molecule has 0 heterocycles. The maximum atomic E-state index is 2.24. The molecule has 0 nitrogen and oxygen atoms in total. The Morgan fingerprint density at radius 2 is 1.53 bits per heavy atom. The molecule has 0 spiro atoms. The van der Waals surface area contributed by atoms with E-state index in [0.717, 1.165) is 0 Å². The van der Waals surface area contributed by atoms with Crippen LogP contribution in [0.25, 0.3) is 0 Å². The van der Waals surface area contributed by atoms with Crippen LogP contribution in [0.3, 0.4) is 0 Å². The van der Waals surface area contributed by atoms with Crippen LogP contribution in [-0.2, 0) is 0 Å². The van der Waals surface area contributed by atoms with Gasteiger partial charge < -0.3 is 0 Å². The summed E-state index contributed by atoms with van der Waals surface area (Å²) in [5.74, 6) is 0.653. The number of benzene rings is 1. The maximum absolute atomic E-state index is 2.24. The monoisotopic (exact) mass is 208 g/mol. The summed E-state index contributed by atoms with van der Waals surface area (Å²) in [4.78, 5) is 0. The summed E-state index contributed by atoms with van der Waals surface area (Å²) in [5.41, 5.74) is 2.78. The molecular weight excluding hydrogens is 180 g/mol. The van der Waals surface area contributed by atoms with Crippen molar-refractivity contribution < 1.29 is 0 Å². The molecule has 0 aliphatic carbocycles. The second-order valence-corrected chi connectivity index (χ2v) is 3.78. The second kappa shape index (κ2) is 11.3. The van der Waals surface area contributed by atoms with Crippen molar-refractivity contribution in [3.63, 3.8) is 0 Å². The minimum absolute atomic E-state index is 0.653. The SMILES string of the molecule is CC.CCC.Cc1cccc(C(C)C)c1. The molecule has 0 atom stereocenters. The Labute approximate surface area is 96.7 Å². The van der Waals surface area contributed by atoms with E-state index in [4.69, 9.17) is 0 Å². The molecule has 0 aliphatic heterocycles. The van der Waals surface area contributed by atoms with Gasteiger partial charge in [0.1, 0.15) is 0 Å². The molecule has 0 amide bonds. The van der Waals surface area contributed by atoms with Gasteiger partial charge in [-0.3, -0.25) is 0 Å². The zero-order valence-electron chi connectivity index (χ0n) is 11.6. The number of hydrogen-bond donors (Lipinski definition) is 0. The van der Waals surface area contributed by atoms with Crippen LogP contribution in [0.2, 0.25) is 0 Å². The summed E-state index contributed by atoms with van der Waals surface area (Å²) >= 11 is 0. The fraction of sp³-hybridized carbons (Fsp3) is 0.600. The lowest BCUT2D eigenvalue weighted by atomic mass is 10.0. The standard InChI is InChI=1S/C10H14.C3H8.C2H6/c1-8(2)10-6-4-5-9(3)7-10;1-3-2;1-2/h4-8H,1-3H3;3H2,1-2H3;1-2H3. The molecule has 0 saturated heterocycles. The normalized spacial score (nSPS) is 8.53. The molecule has 0 saturated carbocycles. The van der Waals surface area contributed by atoms with E-state index >= 15 is 0 Å². The van der Waals surface area contributed by atoms with Crippen LogP contribution in [0.1, 0.15) is 65.0 Å². The smallest absolute Gasteiger partial charge is 0.0219 e. The molecule has 0 bridgehead atoms. The lowest BCUT2D eigenvalue weighted by Gasteiger charge is -2.04. The van der Waals surface area contributed by atoms with Crippen molar-refractivity contribution in [2.75, 3.05) is 0 Å². The fourth-order valence-electron chi connectivity index (χ4n) is 1.03. The summed E-state index contributed by atoms with van der Waals surface area (Å²) < 4.78 is 0. The second-order valence-electron chi connectivity index (χ2n) is 3.78. The number of hydrogen-bond acceptors (Lipinski definition) is 0. The van der Waals surface area contributed by atoms with E-state index in [1.54, 1.807) is 0 Å². The van der Waals surface area contributed by atoms with Crippen molar-refractivity contribution in [1.29, 1.82) is 0 Å². The van der Waals surface area contributed by atoms with Gasteiger partial charge in [-0.05, 0) is 18.4 Å². The predicted molar refractivity (Wildman–Crippen MR) is 72.6 cm³/mol. The van der Waals surface area contributed by atoms with Gasteiger partial charge in [-0.2, -0.15) is 0 Å². The highest BCUT2D eigenvalue weighted by Crippen LogP contribution is 2.14. The highest BCUT2D eigenvalue weighted by atomic mass is 14.0. The van der Waals surface area contributed by atoms with Crippen molar-refractivity contribution >= 4 is 0 Å². The van der Waals surface area contributed by atoms with Gasteiger partial charge in [0, 0.05) is 0 Å². The Hall–Kier alpha value is -0.780. The molecule has 1 aromatic rings. The van der Waals surface area contributed by atoms with Crippen molar-refractivity contribution in [2.45, 2.75) is 60.8 Å². The van der Waals surface area contributed by atoms with Crippen molar-refractivity contribution in [3.05, 3.63) is 35.4 Å². The van der Waals surface area contributed by atoms with Gasteiger partial charge >= 0.3 is 0 Å². The van der Waals surface area contributed by atoms with Gasteiger partial charge in [-0.15, -0.1) is 0 Å². The number of rotatable bonds is 1. The lowest BCUT2D eigenvalue weighted by Crippen LogP contribution is -1.86. The molecule has 0 heteroatoms. The van der Waals surface area contributed by atoms with Gasteiger partial charge in [0.2, 0.25) is 0 Å². The molecule has 0 aromatic heterocycles. The minimum Gasteiger partial charge on any atom is -0.0683 e. The molecule has 0 fully saturated rings. The van der Waals surface area contributed by atoms with E-state index in [-0.39, 0.29) is 0 Å². The van der Waals surface area contributed by atoms with Gasteiger partial charge in [0.15, 0.2) is 0 Å². The molecule has 0 unspecified atom stereocenters. The first-order valence-corrected chi connectivity index (χ1v) is 6.18. The third-order valence-electron chi connectivity index (χ3n) is 1.71. The van der Waals surface area contributed by atoms with E-state index in [1.807, 2.05) is 13.8 Å². The molecule has 15 heavy (non-hydrogen) atoms. The predicted octanol–water partition coefficient (Wildman–Crippen LogP) is 5.56. The zero-order valence-corrected chi connectivity index (χ0v) is 11.6. The Bertz CT molecular complexity index is 223. The van der Waals surface area contributed by atoms with E-state index in [0.29, 0.717) is 5.92 Å². The molecule has 0 radical (unpaired) electrons. The molecule has 0 N–H and O–H groups in total. The molecule has 1 rings (SSSR count). The molecular formula is C15H28. The highest BCUT2D eigenvalue weighted by Gasteiger charge is 1.96. The van der Waals surface area contributed by atoms with Crippen LogP contribution >= 0.6 is 0 Å². The van der Waals surface area contributed by atoms with Crippen LogP contribution in [0.5, 0.6) is 0 Å². The van der Waals surface area contributed by atoms with Gasteiger partial charge in [-0.1, -0.05) is 77.8 Å². The maximum Gasteiger partial charge on any atom is -0.0219 e. The summed E-state index contributed by atoms with van der Waals surface area (Å²) in [7, 11) is 0. The first kappa shape index (κ1) is 16.6. The van der Waals surface area contributed by atoms with Crippen LogP contribution in [0.15, 0.2) is 24.3 Å². The summed E-state index contributed by atoms with van der Waals surface area (Å²) in [6, 6.07) is 8.67. The Balaban J connectivity index is 0. The quantitative estimate of drug-likeness (QED) is 0.566. The van der Waals surface area contributed by atoms with E-state index in [9.17, 15) is 0 Å². The van der Waals surface area contributed by atoms with Crippen LogP contribution < -0.4 is 0 Å². The molecule has 1 aromatic carbocycles. The van der Waals surface area contributed by atoms with Crippen LogP contribution in [0.4, 0.5) is 0 Å². The van der Waals surface area contributed by atoms with Gasteiger partial charge in [0.25, 0.3) is 0 Å². The van der Waals surface area contributed by atoms with Gasteiger partial charge in [-0.25, -0.2) is 0 Å². The largest absolute Gasteiger partial charge is 0.0683 e. The van der Waals surface area contributed by atoms with E-state index < -0.39 is 0 Å². The average molecular weight is 208 g/mol. The van der Waals surface area contributed by atoms with Crippen LogP contribution in [0, 0.1) is 6.92 Å². The third-order valence-corrected chi connectivity index (χ3v) is 1.71. The summed E-state index contributed by atoms with van der Waals surface area (Å²) in [6.45, 7) is 14.8. The van der Waals surface area contributed by atoms with Crippen molar-refractivity contribution in [3.8, 4) is 0 Å². The van der Waals surface area contributed by atoms with E-state index in [1.165, 1.54) is 17.5 Å². The zero-order chi connectivity index (χ0) is 12.3. The fourth-order valence-corrected chi connectivity index (χ4v) is 1.03. The average Bonchev–Trinajstić information content (AvgIpc) is 2.22. The highest BCUT2D eigenvalue weighted by molar-refractivity contribution is 5.24. The summed E-state index contributed by atoms with van der Waals surface area (Å²) in [6.07, 6.45) is 1.25. The Morgan fingerprint density at radius 1 is 1.07 bits per heavy atom. The molecule has 88 valence electrons. The van der Waals surface area contributed by atoms with Crippen molar-refractivity contribution in [2.24, 2.45) is 0 Å². The first-order valence-electron chi connectivity index (χ1n) is 6.18. The van der Waals surface area contributed by atoms with Crippen molar-refractivity contribution in [1.82, 2.24) is 0 Å². The van der Waals surface area contributed by atoms with Gasteiger partial charge in [0.05, 0.1) is 0 Å². The number of aryl methyl sites for hydroxylation is 1. The lowest BCUT2D eigenvalue weighted by molar-refractivity contribution is 0.865.